The van der Waals surface area contributed by atoms with Crippen molar-refractivity contribution in [2.24, 2.45) is 5.41 Å². The van der Waals surface area contributed by atoms with Gasteiger partial charge in [0.05, 0.1) is 17.0 Å². The van der Waals surface area contributed by atoms with Crippen LogP contribution in [0, 0.1) is 16.7 Å². The molecule has 0 radical (unpaired) electrons. The summed E-state index contributed by atoms with van der Waals surface area (Å²) in [5.74, 6) is 0. The first-order chi connectivity index (χ1) is 8.44. The third kappa shape index (κ3) is 2.34. The van der Waals surface area contributed by atoms with Crippen LogP contribution in [-0.2, 0) is 0 Å². The first-order valence-corrected chi connectivity index (χ1v) is 6.35. The minimum Gasteiger partial charge on any atom is -0.345 e. The average molecular weight is 262 g/mol. The van der Waals surface area contributed by atoms with Crippen LogP contribution in [0.4, 0.5) is 0 Å². The van der Waals surface area contributed by atoms with Crippen molar-refractivity contribution in [3.63, 3.8) is 0 Å². The molecule has 0 amide bonds. The molecule has 2 aromatic heterocycles. The average Bonchev–Trinajstić information content (AvgIpc) is 2.74. The lowest BCUT2D eigenvalue weighted by atomic mass is 9.88. The zero-order valence-electron chi connectivity index (χ0n) is 10.8. The van der Waals surface area contributed by atoms with E-state index in [4.69, 9.17) is 16.9 Å². The van der Waals surface area contributed by atoms with Gasteiger partial charge in [0.1, 0.15) is 5.15 Å². The molecule has 0 aliphatic heterocycles. The van der Waals surface area contributed by atoms with Crippen molar-refractivity contribution in [3.05, 3.63) is 29.7 Å². The van der Waals surface area contributed by atoms with Crippen LogP contribution in [-0.4, -0.2) is 9.55 Å². The van der Waals surface area contributed by atoms with Crippen molar-refractivity contribution < 1.29 is 0 Å². The molecule has 94 valence electrons. The smallest absolute Gasteiger partial charge is 0.138 e. The molecule has 0 aromatic carbocycles. The number of hydrogen-bond acceptors (Lipinski definition) is 2. The summed E-state index contributed by atoms with van der Waals surface area (Å²) < 4.78 is 2.15. The highest BCUT2D eigenvalue weighted by Crippen LogP contribution is 2.31. The number of pyridine rings is 1. The quantitative estimate of drug-likeness (QED) is 0.778. The van der Waals surface area contributed by atoms with Crippen LogP contribution in [0.25, 0.3) is 10.9 Å². The van der Waals surface area contributed by atoms with Crippen LogP contribution in [0.3, 0.4) is 0 Å². The first-order valence-electron chi connectivity index (χ1n) is 5.97. The van der Waals surface area contributed by atoms with Crippen molar-refractivity contribution in [1.82, 2.24) is 9.55 Å². The zero-order valence-corrected chi connectivity index (χ0v) is 11.6. The first kappa shape index (κ1) is 12.9. The number of nitrogens with zero attached hydrogens (tertiary/aromatic N) is 3. The molecular weight excluding hydrogens is 246 g/mol. The summed E-state index contributed by atoms with van der Waals surface area (Å²) in [5, 5.41) is 10.6. The Morgan fingerprint density at radius 3 is 2.89 bits per heavy atom. The number of nitriles is 1. The lowest BCUT2D eigenvalue weighted by Gasteiger charge is -2.22. The molecule has 2 aromatic rings. The highest BCUT2D eigenvalue weighted by Gasteiger charge is 2.22. The van der Waals surface area contributed by atoms with Crippen molar-refractivity contribution in [3.8, 4) is 6.07 Å². The fraction of sp³-hybridized carbons (Fsp3) is 0.429. The Labute approximate surface area is 112 Å². The fourth-order valence-electron chi connectivity index (χ4n) is 2.32. The molecule has 2 rings (SSSR count). The van der Waals surface area contributed by atoms with Gasteiger partial charge in [-0.05, 0) is 39.3 Å². The molecule has 1 unspecified atom stereocenters. The molecule has 4 heteroatoms. The molecule has 2 heterocycles. The molecule has 0 fully saturated rings. The minimum absolute atomic E-state index is 0.246. The maximum atomic E-state index is 9.11. The summed E-state index contributed by atoms with van der Waals surface area (Å²) >= 11 is 6.06. The topological polar surface area (TPSA) is 41.6 Å². The van der Waals surface area contributed by atoms with Gasteiger partial charge in [0.15, 0.2) is 0 Å². The second-order valence-electron chi connectivity index (χ2n) is 5.31. The van der Waals surface area contributed by atoms with Gasteiger partial charge in [-0.3, -0.25) is 0 Å². The minimum atomic E-state index is -0.327. The standard InChI is InChI=1S/C14H16ClN3/c1-10(8-14(2,3)9-16)18-7-5-11-12(18)4-6-17-13(11)15/h4-7,10H,8H2,1-3H3. The molecule has 0 aliphatic rings. The van der Waals surface area contributed by atoms with Gasteiger partial charge in [-0.25, -0.2) is 4.98 Å². The largest absolute Gasteiger partial charge is 0.345 e. The predicted molar refractivity (Wildman–Crippen MR) is 73.5 cm³/mol. The number of halogens is 1. The maximum absolute atomic E-state index is 9.11. The van der Waals surface area contributed by atoms with E-state index in [1.807, 2.05) is 32.2 Å². The van der Waals surface area contributed by atoms with Gasteiger partial charge in [-0.15, -0.1) is 0 Å². The maximum Gasteiger partial charge on any atom is 0.138 e. The molecule has 0 N–H and O–H groups in total. The van der Waals surface area contributed by atoms with Gasteiger partial charge < -0.3 is 4.57 Å². The van der Waals surface area contributed by atoms with Crippen molar-refractivity contribution >= 4 is 22.5 Å². The van der Waals surface area contributed by atoms with Crippen LogP contribution >= 0.6 is 11.6 Å². The summed E-state index contributed by atoms with van der Waals surface area (Å²) in [7, 11) is 0. The van der Waals surface area contributed by atoms with Gasteiger partial charge in [0, 0.05) is 23.8 Å². The van der Waals surface area contributed by atoms with E-state index in [0.29, 0.717) is 5.15 Å². The van der Waals surface area contributed by atoms with E-state index in [1.165, 1.54) is 0 Å². The Morgan fingerprint density at radius 2 is 2.22 bits per heavy atom. The molecule has 0 saturated heterocycles. The summed E-state index contributed by atoms with van der Waals surface area (Å²) in [4.78, 5) is 4.07. The van der Waals surface area contributed by atoms with Gasteiger partial charge in [0.2, 0.25) is 0 Å². The van der Waals surface area contributed by atoms with E-state index < -0.39 is 0 Å². The molecular formula is C14H16ClN3. The fourth-order valence-corrected chi connectivity index (χ4v) is 2.54. The van der Waals surface area contributed by atoms with E-state index in [9.17, 15) is 0 Å². The highest BCUT2D eigenvalue weighted by molar-refractivity contribution is 6.34. The zero-order chi connectivity index (χ0) is 13.3. The molecule has 18 heavy (non-hydrogen) atoms. The molecule has 0 bridgehead atoms. The van der Waals surface area contributed by atoms with Crippen molar-refractivity contribution in [1.29, 1.82) is 5.26 Å². The van der Waals surface area contributed by atoms with E-state index in [0.717, 1.165) is 17.3 Å². The lowest BCUT2D eigenvalue weighted by Crippen LogP contribution is -2.15. The molecule has 3 nitrogen and oxygen atoms in total. The van der Waals surface area contributed by atoms with Gasteiger partial charge in [0.25, 0.3) is 0 Å². The van der Waals surface area contributed by atoms with E-state index in [1.54, 1.807) is 6.20 Å². The summed E-state index contributed by atoms with van der Waals surface area (Å²) in [6.45, 7) is 6.04. The summed E-state index contributed by atoms with van der Waals surface area (Å²) in [6, 6.07) is 6.52. The second-order valence-corrected chi connectivity index (χ2v) is 5.66. The van der Waals surface area contributed by atoms with Gasteiger partial charge in [-0.1, -0.05) is 11.6 Å². The Balaban J connectivity index is 2.38. The Morgan fingerprint density at radius 1 is 1.50 bits per heavy atom. The number of hydrogen-bond donors (Lipinski definition) is 0. The molecule has 0 aliphatic carbocycles. The van der Waals surface area contributed by atoms with Crippen molar-refractivity contribution in [2.75, 3.05) is 0 Å². The third-order valence-corrected chi connectivity index (χ3v) is 3.48. The number of fused-ring (bicyclic) bond motifs is 1. The third-order valence-electron chi connectivity index (χ3n) is 3.18. The summed E-state index contributed by atoms with van der Waals surface area (Å²) in [6.07, 6.45) is 4.52. The summed E-state index contributed by atoms with van der Waals surface area (Å²) in [5.41, 5.74) is 0.739. The molecule has 1 atom stereocenters. The lowest BCUT2D eigenvalue weighted by molar-refractivity contribution is 0.360. The molecule has 0 spiro atoms. The number of aromatic nitrogens is 2. The predicted octanol–water partition coefficient (Wildman–Crippen LogP) is 4.19. The van der Waals surface area contributed by atoms with Crippen LogP contribution in [0.1, 0.15) is 33.2 Å². The second kappa shape index (κ2) is 4.62. The van der Waals surface area contributed by atoms with Crippen LogP contribution in [0.15, 0.2) is 24.5 Å². The van der Waals surface area contributed by atoms with Gasteiger partial charge in [-0.2, -0.15) is 5.26 Å². The van der Waals surface area contributed by atoms with Gasteiger partial charge >= 0.3 is 0 Å². The Hall–Kier alpha value is -1.53. The Kier molecular flexibility index (Phi) is 3.32. The highest BCUT2D eigenvalue weighted by atomic mass is 35.5. The van der Waals surface area contributed by atoms with Crippen LogP contribution in [0.5, 0.6) is 0 Å². The van der Waals surface area contributed by atoms with E-state index in [2.05, 4.69) is 22.5 Å². The van der Waals surface area contributed by atoms with E-state index in [-0.39, 0.29) is 11.5 Å². The van der Waals surface area contributed by atoms with E-state index >= 15 is 0 Å². The number of rotatable bonds is 3. The van der Waals surface area contributed by atoms with Crippen LogP contribution < -0.4 is 0 Å². The van der Waals surface area contributed by atoms with Crippen LogP contribution in [0.2, 0.25) is 5.15 Å². The monoisotopic (exact) mass is 261 g/mol. The SMILES string of the molecule is CC(CC(C)(C)C#N)n1ccc2c(Cl)nccc21. The normalized spacial score (nSPS) is 13.5. The van der Waals surface area contributed by atoms with Crippen molar-refractivity contribution in [2.45, 2.75) is 33.2 Å². The molecule has 0 saturated carbocycles. The Bertz CT molecular complexity index is 607.